The fraction of sp³-hybridized carbons (Fsp3) is 0.400. The zero-order valence-corrected chi connectivity index (χ0v) is 23.8. The number of pyridine rings is 1. The van der Waals surface area contributed by atoms with E-state index in [0.717, 1.165) is 57.0 Å². The van der Waals surface area contributed by atoms with E-state index in [2.05, 4.69) is 62.6 Å². The summed E-state index contributed by atoms with van der Waals surface area (Å²) in [6.07, 6.45) is 9.70. The summed E-state index contributed by atoms with van der Waals surface area (Å²) >= 11 is 0. The molecule has 0 atom stereocenters. The van der Waals surface area contributed by atoms with Gasteiger partial charge in [0, 0.05) is 56.2 Å². The Balaban J connectivity index is 0.992. The lowest BCUT2D eigenvalue weighted by atomic mass is 9.89. The van der Waals surface area contributed by atoms with Crippen molar-refractivity contribution in [3.05, 3.63) is 106 Å². The molecule has 2 saturated heterocycles. The normalized spacial score (nSPS) is 18.1. The van der Waals surface area contributed by atoms with Gasteiger partial charge in [-0.05, 0) is 91.8 Å². The van der Waals surface area contributed by atoms with Gasteiger partial charge < -0.3 is 10.2 Å². The molecule has 3 aromatic rings. The molecule has 3 aliphatic rings. The molecule has 6 heteroatoms. The van der Waals surface area contributed by atoms with Crippen molar-refractivity contribution in [3.63, 3.8) is 0 Å². The zero-order chi connectivity index (χ0) is 28.0. The van der Waals surface area contributed by atoms with Crippen LogP contribution in [0.25, 0.3) is 5.70 Å². The molecule has 41 heavy (non-hydrogen) atoms. The number of hydrogen-bond donors (Lipinski definition) is 1. The van der Waals surface area contributed by atoms with Crippen LogP contribution in [0.2, 0.25) is 0 Å². The van der Waals surface area contributed by atoms with Gasteiger partial charge in [0.2, 0.25) is 0 Å². The number of carbonyl (C=O) groups is 1. The Morgan fingerprint density at radius 1 is 0.878 bits per heavy atom. The van der Waals surface area contributed by atoms with Gasteiger partial charge in [0.1, 0.15) is 5.69 Å². The quantitative estimate of drug-likeness (QED) is 0.387. The predicted molar refractivity (Wildman–Crippen MR) is 162 cm³/mol. The van der Waals surface area contributed by atoms with E-state index in [4.69, 9.17) is 5.26 Å². The van der Waals surface area contributed by atoms with Gasteiger partial charge in [-0.1, -0.05) is 42.5 Å². The van der Waals surface area contributed by atoms with E-state index in [0.29, 0.717) is 11.3 Å². The lowest BCUT2D eigenvalue weighted by Crippen LogP contribution is -2.44. The first-order valence-electron chi connectivity index (χ1n) is 15.1. The van der Waals surface area contributed by atoms with Crippen molar-refractivity contribution < 1.29 is 4.79 Å². The minimum atomic E-state index is -0.0792. The fourth-order valence-corrected chi connectivity index (χ4v) is 6.32. The lowest BCUT2D eigenvalue weighted by molar-refractivity contribution is 0.0904. The van der Waals surface area contributed by atoms with Gasteiger partial charge in [0.05, 0.1) is 11.6 Å². The monoisotopic (exact) mass is 545 g/mol. The molecule has 0 bridgehead atoms. The van der Waals surface area contributed by atoms with Crippen LogP contribution in [0.5, 0.6) is 0 Å². The number of allylic oxidation sites excluding steroid dienone is 1. The molecule has 6 rings (SSSR count). The van der Waals surface area contributed by atoms with Crippen LogP contribution < -0.4 is 5.32 Å². The lowest BCUT2D eigenvalue weighted by Gasteiger charge is -2.35. The van der Waals surface area contributed by atoms with Gasteiger partial charge >= 0.3 is 0 Å². The molecule has 1 N–H and O–H groups in total. The first-order chi connectivity index (χ1) is 20.1. The first kappa shape index (κ1) is 27.2. The van der Waals surface area contributed by atoms with E-state index >= 15 is 0 Å². The molecule has 2 aliphatic heterocycles. The van der Waals surface area contributed by atoms with Crippen LogP contribution in [0.15, 0.2) is 78.5 Å². The summed E-state index contributed by atoms with van der Waals surface area (Å²) in [5.74, 6) is 0.663. The first-order valence-corrected chi connectivity index (χ1v) is 15.1. The average molecular weight is 546 g/mol. The highest BCUT2D eigenvalue weighted by atomic mass is 16.1. The van der Waals surface area contributed by atoms with Gasteiger partial charge in [-0.2, -0.15) is 5.26 Å². The molecule has 0 unspecified atom stereocenters. The number of nitrogens with one attached hydrogen (secondary N) is 1. The number of amides is 1. The Morgan fingerprint density at radius 3 is 2.24 bits per heavy atom. The summed E-state index contributed by atoms with van der Waals surface area (Å²) < 4.78 is 0. The number of benzene rings is 2. The largest absolute Gasteiger partial charge is 0.371 e. The third kappa shape index (κ3) is 7.04. The Bertz CT molecular complexity index is 1390. The smallest absolute Gasteiger partial charge is 0.270 e. The molecule has 210 valence electrons. The molecule has 1 saturated carbocycles. The number of likely N-dealkylation sites (tertiary alicyclic amines) is 2. The molecule has 1 aromatic heterocycles. The van der Waals surface area contributed by atoms with E-state index in [-0.39, 0.29) is 11.9 Å². The molecule has 0 radical (unpaired) electrons. The summed E-state index contributed by atoms with van der Waals surface area (Å²) in [5.41, 5.74) is 7.88. The number of carbonyl (C=O) groups excluding carboxylic acids is 1. The summed E-state index contributed by atoms with van der Waals surface area (Å²) in [6, 6.07) is 25.0. The number of aromatic nitrogens is 1. The Kier molecular flexibility index (Phi) is 8.44. The van der Waals surface area contributed by atoms with Crippen LogP contribution in [-0.2, 0) is 13.0 Å². The van der Waals surface area contributed by atoms with Crippen molar-refractivity contribution in [2.24, 2.45) is 5.92 Å². The highest BCUT2D eigenvalue weighted by Gasteiger charge is 2.28. The van der Waals surface area contributed by atoms with E-state index < -0.39 is 0 Å². The Labute approximate surface area is 243 Å². The van der Waals surface area contributed by atoms with Gasteiger partial charge in [-0.3, -0.25) is 14.7 Å². The van der Waals surface area contributed by atoms with Crippen molar-refractivity contribution in [3.8, 4) is 6.07 Å². The third-order valence-electron chi connectivity index (χ3n) is 8.81. The van der Waals surface area contributed by atoms with Crippen LogP contribution in [-0.4, -0.2) is 52.9 Å². The molecular weight excluding hydrogens is 506 g/mol. The van der Waals surface area contributed by atoms with Crippen molar-refractivity contribution in [1.82, 2.24) is 20.1 Å². The second-order valence-electron chi connectivity index (χ2n) is 11.8. The number of rotatable bonds is 8. The van der Waals surface area contributed by atoms with Crippen molar-refractivity contribution >= 4 is 11.6 Å². The molecule has 2 aromatic carbocycles. The maximum atomic E-state index is 13.0. The molecule has 3 heterocycles. The highest BCUT2D eigenvalue weighted by molar-refractivity contribution is 5.92. The number of piperidine rings is 2. The molecule has 1 amide bonds. The number of nitrogens with zero attached hydrogens (tertiary/aromatic N) is 4. The zero-order valence-electron chi connectivity index (χ0n) is 23.8. The van der Waals surface area contributed by atoms with E-state index in [1.165, 1.54) is 54.5 Å². The molecule has 6 nitrogen and oxygen atoms in total. The summed E-state index contributed by atoms with van der Waals surface area (Å²) in [4.78, 5) is 22.6. The van der Waals surface area contributed by atoms with E-state index in [9.17, 15) is 4.79 Å². The summed E-state index contributed by atoms with van der Waals surface area (Å²) in [6.45, 7) is 4.93. The van der Waals surface area contributed by atoms with Gasteiger partial charge in [-0.25, -0.2) is 0 Å². The van der Waals surface area contributed by atoms with E-state index in [1.54, 1.807) is 0 Å². The second-order valence-corrected chi connectivity index (χ2v) is 11.8. The predicted octanol–water partition coefficient (Wildman–Crippen LogP) is 5.81. The number of nitriles is 1. The standard InChI is InChI=1S/C35H39N5O/c36-23-28-6-8-29(9-7-28)25-39-18-16-32(17-19-39)38-35(41)33-13-12-31(24-37-33)34(30-10-11-30)40-20-14-27(15-21-40)22-26-4-2-1-3-5-26/h1-9,12-13,24,27,32H,10-11,14-22,25H2,(H,38,41). The van der Waals surface area contributed by atoms with Crippen LogP contribution in [0.1, 0.15) is 71.3 Å². The van der Waals surface area contributed by atoms with Crippen LogP contribution >= 0.6 is 0 Å². The minimum Gasteiger partial charge on any atom is -0.371 e. The maximum absolute atomic E-state index is 13.0. The Morgan fingerprint density at radius 2 is 1.61 bits per heavy atom. The highest BCUT2D eigenvalue weighted by Crippen LogP contribution is 2.40. The molecule has 3 fully saturated rings. The summed E-state index contributed by atoms with van der Waals surface area (Å²) in [5, 5.41) is 12.2. The van der Waals surface area contributed by atoms with Crippen molar-refractivity contribution in [2.45, 2.75) is 57.5 Å². The molecular formula is C35H39N5O. The Hall–Kier alpha value is -3.95. The van der Waals surface area contributed by atoms with Crippen LogP contribution in [0.3, 0.4) is 0 Å². The van der Waals surface area contributed by atoms with Crippen molar-refractivity contribution in [2.75, 3.05) is 26.2 Å². The third-order valence-corrected chi connectivity index (χ3v) is 8.81. The topological polar surface area (TPSA) is 72.3 Å². The minimum absolute atomic E-state index is 0.0792. The summed E-state index contributed by atoms with van der Waals surface area (Å²) in [7, 11) is 0. The molecule has 0 spiro atoms. The van der Waals surface area contributed by atoms with Crippen LogP contribution in [0, 0.1) is 17.2 Å². The second kappa shape index (κ2) is 12.7. The van der Waals surface area contributed by atoms with Gasteiger partial charge in [-0.15, -0.1) is 0 Å². The van der Waals surface area contributed by atoms with Gasteiger partial charge in [0.25, 0.3) is 5.91 Å². The number of hydrogen-bond acceptors (Lipinski definition) is 5. The maximum Gasteiger partial charge on any atom is 0.270 e. The van der Waals surface area contributed by atoms with Crippen molar-refractivity contribution in [1.29, 1.82) is 5.26 Å². The average Bonchev–Trinajstić information content (AvgIpc) is 3.86. The van der Waals surface area contributed by atoms with E-state index in [1.807, 2.05) is 36.5 Å². The fourth-order valence-electron chi connectivity index (χ4n) is 6.32. The molecule has 1 aliphatic carbocycles. The SMILES string of the molecule is N#Cc1ccc(CN2CCC(NC(=O)c3ccc(C(=C4CC4)N4CCC(Cc5ccccc5)CC4)cn3)CC2)cc1. The van der Waals surface area contributed by atoms with Crippen LogP contribution in [0.4, 0.5) is 0 Å². The van der Waals surface area contributed by atoms with Gasteiger partial charge in [0.15, 0.2) is 0 Å².